The number of ether oxygens (including phenoxy) is 1. The van der Waals surface area contributed by atoms with E-state index in [9.17, 15) is 49.0 Å². The number of methoxy groups -OCH3 is 1. The monoisotopic (exact) mass is 880 g/mol. The number of benzene rings is 2. The van der Waals surface area contributed by atoms with Crippen LogP contribution in [0.5, 0.6) is 11.8 Å². The van der Waals surface area contributed by atoms with Crippen molar-refractivity contribution in [2.75, 3.05) is 44.7 Å². The van der Waals surface area contributed by atoms with Crippen molar-refractivity contribution in [3.8, 4) is 35.4 Å². The Kier molecular flexibility index (Phi) is 15.7. The molecule has 4 aliphatic heterocycles. The van der Waals surface area contributed by atoms with Crippen LogP contribution in [-0.2, 0) is 6.42 Å². The van der Waals surface area contributed by atoms with Crippen LogP contribution in [0.25, 0.3) is 32.9 Å². The summed E-state index contributed by atoms with van der Waals surface area (Å²) >= 11 is 0. The molecule has 1 unspecified atom stereocenters. The number of fused-ring (bicyclic) bond motifs is 4. The fourth-order valence-corrected chi connectivity index (χ4v) is 7.75. The number of phenols is 1. The standard InChI is InChI=1S/C26H21F2N5O2.C7H13N.C4HF9O.2C2H6/c1-3-16-18(27)6-4-13-10-15(34)11-17(20(13)16)23-22(28)24-21-19(30-23)7-5-14-12-29-8-9-33(14)25(21)32-26(31-24)35-2;1-3-7-4-2-6-8(7)5-1;5-2(6,7)1(14,3(8,9)10)4(11,12)13;2*1-2/h1,4,6,10-11,14,29,34H,5,7-9,12H2,2H3;7H,1-6H2;14H;2*1-2H3. The summed E-state index contributed by atoms with van der Waals surface area (Å²) in [6, 6.07) is 6.76. The van der Waals surface area contributed by atoms with Gasteiger partial charge < -0.3 is 30.1 Å². The molecule has 3 fully saturated rings. The average molecular weight is 881 g/mol. The molecular formula is C41H47F11N6O3. The SMILES string of the molecule is C#Cc1c(F)ccc2cc(O)cc(-c3nc4c5c(nc(OC)nc5c3F)N3CCNCC3CC4)c12.C1CC2CCCN2C1.CC.CC.OC(C(F)(F)F)(C(F)(F)F)C(F)(F)F. The lowest BCUT2D eigenvalue weighted by Crippen LogP contribution is -2.66. The number of hydrogen-bond acceptors (Lipinski definition) is 9. The van der Waals surface area contributed by atoms with Crippen LogP contribution in [0, 0.1) is 24.0 Å². The summed E-state index contributed by atoms with van der Waals surface area (Å²) < 4.78 is 139. The third kappa shape index (κ3) is 9.68. The highest BCUT2D eigenvalue weighted by molar-refractivity contribution is 6.03. The maximum atomic E-state index is 16.3. The van der Waals surface area contributed by atoms with Crippen molar-refractivity contribution in [2.24, 2.45) is 0 Å². The van der Waals surface area contributed by atoms with Crippen LogP contribution < -0.4 is 15.0 Å². The fraction of sp³-hybridized carbons (Fsp3) is 0.537. The Morgan fingerprint density at radius 2 is 1.43 bits per heavy atom. The van der Waals surface area contributed by atoms with Crippen molar-refractivity contribution < 1.29 is 63.2 Å². The van der Waals surface area contributed by atoms with E-state index in [0.717, 1.165) is 25.6 Å². The number of terminal acetylenes is 1. The van der Waals surface area contributed by atoms with E-state index in [1.54, 1.807) is 0 Å². The lowest BCUT2D eigenvalue weighted by atomic mass is 9.95. The van der Waals surface area contributed by atoms with Crippen LogP contribution >= 0.6 is 0 Å². The minimum atomic E-state index is -6.87. The number of alkyl halides is 9. The molecule has 0 saturated carbocycles. The zero-order chi connectivity index (χ0) is 45.7. The second-order valence-corrected chi connectivity index (χ2v) is 13.9. The van der Waals surface area contributed by atoms with Crippen molar-refractivity contribution in [1.29, 1.82) is 0 Å². The summed E-state index contributed by atoms with van der Waals surface area (Å²) in [5, 5.41) is 22.8. The minimum absolute atomic E-state index is 0.0196. The first kappa shape index (κ1) is 48.9. The van der Waals surface area contributed by atoms with Crippen LogP contribution in [-0.4, -0.2) is 106 Å². The number of anilines is 1. The molecule has 9 nitrogen and oxygen atoms in total. The van der Waals surface area contributed by atoms with Gasteiger partial charge in [-0.15, -0.1) is 6.42 Å². The Morgan fingerprint density at radius 3 is 1.95 bits per heavy atom. The molecule has 0 aliphatic carbocycles. The molecule has 6 heterocycles. The molecule has 20 heteroatoms. The predicted octanol–water partition coefficient (Wildman–Crippen LogP) is 9.24. The number of aryl methyl sites for hydroxylation is 1. The lowest BCUT2D eigenvalue weighted by molar-refractivity contribution is -0.447. The molecule has 3 saturated heterocycles. The zero-order valence-corrected chi connectivity index (χ0v) is 34.0. The van der Waals surface area contributed by atoms with Crippen LogP contribution in [0.15, 0.2) is 24.3 Å². The second kappa shape index (κ2) is 19.5. The van der Waals surface area contributed by atoms with Gasteiger partial charge in [0.25, 0.3) is 0 Å². The number of halogens is 11. The number of hydrogen-bond donors (Lipinski definition) is 3. The van der Waals surface area contributed by atoms with Crippen molar-refractivity contribution in [1.82, 2.24) is 25.2 Å². The number of aromatic nitrogens is 3. The summed E-state index contributed by atoms with van der Waals surface area (Å²) in [6.07, 6.45) is -7.74. The van der Waals surface area contributed by atoms with Crippen molar-refractivity contribution in [3.63, 3.8) is 0 Å². The number of aliphatic hydroxyl groups is 1. The van der Waals surface area contributed by atoms with Gasteiger partial charge in [-0.25, -0.2) is 13.8 Å². The molecule has 0 radical (unpaired) electrons. The largest absolute Gasteiger partial charge is 0.508 e. The first-order valence-electron chi connectivity index (χ1n) is 19.7. The Balaban J connectivity index is 0.000000258. The third-order valence-corrected chi connectivity index (χ3v) is 10.5. The number of phenolic OH excluding ortho intramolecular Hbond substituents is 1. The van der Waals surface area contributed by atoms with Crippen molar-refractivity contribution in [2.45, 2.75) is 102 Å². The average Bonchev–Trinajstić information content (AvgIpc) is 3.83. The Labute approximate surface area is 345 Å². The van der Waals surface area contributed by atoms with Crippen LogP contribution in [0.1, 0.15) is 71.1 Å². The highest BCUT2D eigenvalue weighted by Gasteiger charge is 2.83. The van der Waals surface area contributed by atoms with E-state index in [-0.39, 0.29) is 40.1 Å². The maximum absolute atomic E-state index is 16.3. The summed E-state index contributed by atoms with van der Waals surface area (Å²) in [7, 11) is 1.44. The van der Waals surface area contributed by atoms with E-state index in [0.29, 0.717) is 40.6 Å². The number of rotatable bonds is 2. The van der Waals surface area contributed by atoms with Crippen LogP contribution in [0.2, 0.25) is 0 Å². The maximum Gasteiger partial charge on any atom is 0.435 e. The van der Waals surface area contributed by atoms with Crippen molar-refractivity contribution >= 4 is 27.5 Å². The molecule has 0 bridgehead atoms. The Bertz CT molecular complexity index is 2140. The minimum Gasteiger partial charge on any atom is -0.508 e. The number of aromatic hydroxyl groups is 1. The zero-order valence-electron chi connectivity index (χ0n) is 34.0. The Hall–Kier alpha value is -4.74. The van der Waals surface area contributed by atoms with Gasteiger partial charge in [0.05, 0.1) is 23.8 Å². The summed E-state index contributed by atoms with van der Waals surface area (Å²) in [5.74, 6) is 1.53. The van der Waals surface area contributed by atoms with E-state index in [2.05, 4.69) is 31.0 Å². The molecule has 61 heavy (non-hydrogen) atoms. The number of nitrogens with zero attached hydrogens (tertiary/aromatic N) is 5. The van der Waals surface area contributed by atoms with Gasteiger partial charge in [0.1, 0.15) is 28.6 Å². The van der Waals surface area contributed by atoms with E-state index >= 15 is 4.39 Å². The highest BCUT2D eigenvalue weighted by Crippen LogP contribution is 2.52. The van der Waals surface area contributed by atoms with Gasteiger partial charge in [0, 0.05) is 42.7 Å². The van der Waals surface area contributed by atoms with E-state index in [1.807, 2.05) is 27.7 Å². The number of piperazine rings is 1. The van der Waals surface area contributed by atoms with Crippen LogP contribution in [0.3, 0.4) is 0 Å². The smallest absolute Gasteiger partial charge is 0.435 e. The molecule has 8 rings (SSSR count). The molecule has 1 atom stereocenters. The van der Waals surface area contributed by atoms with Gasteiger partial charge in [-0.2, -0.15) is 49.5 Å². The summed E-state index contributed by atoms with van der Waals surface area (Å²) in [6.45, 7) is 13.1. The first-order chi connectivity index (χ1) is 28.7. The second-order valence-electron chi connectivity index (χ2n) is 13.9. The molecule has 2 aromatic heterocycles. The highest BCUT2D eigenvalue weighted by atomic mass is 19.4. The molecule has 2 aromatic carbocycles. The summed E-state index contributed by atoms with van der Waals surface area (Å²) in [5.41, 5.74) is -5.85. The van der Waals surface area contributed by atoms with Gasteiger partial charge >= 0.3 is 30.1 Å². The molecular weight excluding hydrogens is 833 g/mol. The fourth-order valence-electron chi connectivity index (χ4n) is 7.75. The van der Waals surface area contributed by atoms with Gasteiger partial charge in [-0.3, -0.25) is 0 Å². The summed E-state index contributed by atoms with van der Waals surface area (Å²) in [4.78, 5) is 18.5. The number of nitrogens with one attached hydrogen (secondary N) is 1. The van der Waals surface area contributed by atoms with Crippen molar-refractivity contribution in [3.05, 3.63) is 47.2 Å². The van der Waals surface area contributed by atoms with Gasteiger partial charge in [-0.1, -0.05) is 39.7 Å². The van der Waals surface area contributed by atoms with Crippen LogP contribution in [0.4, 0.5) is 54.1 Å². The van der Waals surface area contributed by atoms with Gasteiger partial charge in [0.15, 0.2) is 5.82 Å². The normalized spacial score (nSPS) is 17.8. The quantitative estimate of drug-likeness (QED) is 0.134. The molecule has 0 spiro atoms. The first-order valence-corrected chi connectivity index (χ1v) is 19.7. The molecule has 4 aliphatic rings. The molecule has 3 N–H and O–H groups in total. The van der Waals surface area contributed by atoms with Gasteiger partial charge in [-0.05, 0) is 75.2 Å². The van der Waals surface area contributed by atoms with E-state index < -0.39 is 35.8 Å². The van der Waals surface area contributed by atoms with Gasteiger partial charge in [0.2, 0.25) is 0 Å². The third-order valence-electron chi connectivity index (χ3n) is 10.5. The molecule has 0 amide bonds. The predicted molar refractivity (Wildman–Crippen MR) is 208 cm³/mol. The topological polar surface area (TPSA) is 107 Å². The number of pyridine rings is 1. The molecule has 4 aromatic rings. The lowest BCUT2D eigenvalue weighted by Gasteiger charge is -2.36. The van der Waals surface area contributed by atoms with E-state index in [1.165, 1.54) is 70.1 Å². The van der Waals surface area contributed by atoms with E-state index in [4.69, 9.17) is 21.3 Å². The molecule has 336 valence electrons. The Morgan fingerprint density at radius 1 is 0.820 bits per heavy atom.